The Kier molecular flexibility index (Phi) is 2.77. The topological polar surface area (TPSA) is 37.3 Å². The molecule has 0 spiro atoms. The Labute approximate surface area is 115 Å². The van der Waals surface area contributed by atoms with E-state index in [2.05, 4.69) is 11.8 Å². The van der Waals surface area contributed by atoms with E-state index in [1.165, 1.54) is 16.7 Å². The average Bonchev–Trinajstić information content (AvgIpc) is 2.72. The summed E-state index contributed by atoms with van der Waals surface area (Å²) in [5.41, 5.74) is 5.45. The summed E-state index contributed by atoms with van der Waals surface area (Å²) in [5.74, 6) is 3.65. The van der Waals surface area contributed by atoms with Crippen LogP contribution in [0.2, 0.25) is 5.02 Å². The molecule has 0 atom stereocenters. The van der Waals surface area contributed by atoms with Gasteiger partial charge in [-0.25, -0.2) is 4.79 Å². The van der Waals surface area contributed by atoms with E-state index in [1.54, 1.807) is 0 Å². The van der Waals surface area contributed by atoms with E-state index < -0.39 is 5.97 Å². The second-order valence-electron chi connectivity index (χ2n) is 4.41. The molecular weight excluding hydrogens is 260 g/mol. The van der Waals surface area contributed by atoms with Crippen molar-refractivity contribution in [2.24, 2.45) is 0 Å². The van der Waals surface area contributed by atoms with Crippen molar-refractivity contribution in [1.29, 1.82) is 0 Å². The first-order valence-electron chi connectivity index (χ1n) is 5.80. The van der Waals surface area contributed by atoms with E-state index in [0.717, 1.165) is 22.6 Å². The highest BCUT2D eigenvalue weighted by Crippen LogP contribution is 2.38. The zero-order chi connectivity index (χ0) is 13.4. The summed E-state index contributed by atoms with van der Waals surface area (Å²) in [5, 5.41) is 9.29. The molecule has 0 aromatic heterocycles. The molecule has 0 unspecified atom stereocenters. The lowest BCUT2D eigenvalue weighted by molar-refractivity contribution is -0.130. The molecule has 0 amide bonds. The van der Waals surface area contributed by atoms with Crippen molar-refractivity contribution in [2.75, 3.05) is 0 Å². The first kappa shape index (κ1) is 11.8. The van der Waals surface area contributed by atoms with E-state index in [1.807, 2.05) is 36.4 Å². The smallest absolute Gasteiger partial charge is 0.382 e. The first-order chi connectivity index (χ1) is 9.13. The van der Waals surface area contributed by atoms with Gasteiger partial charge >= 0.3 is 5.97 Å². The zero-order valence-corrected chi connectivity index (χ0v) is 10.7. The number of carboxylic acid groups (broad SMARTS) is 1. The van der Waals surface area contributed by atoms with Crippen molar-refractivity contribution >= 4 is 17.6 Å². The van der Waals surface area contributed by atoms with Crippen LogP contribution in [0.25, 0.3) is 11.1 Å². The van der Waals surface area contributed by atoms with Gasteiger partial charge in [-0.3, -0.25) is 0 Å². The highest BCUT2D eigenvalue weighted by Gasteiger charge is 2.18. The molecule has 2 nitrogen and oxygen atoms in total. The number of hydrogen-bond donors (Lipinski definition) is 1. The van der Waals surface area contributed by atoms with E-state index in [9.17, 15) is 4.79 Å². The van der Waals surface area contributed by atoms with Crippen molar-refractivity contribution in [3.8, 4) is 23.0 Å². The fourth-order valence-corrected chi connectivity index (χ4v) is 2.58. The third kappa shape index (κ3) is 2.21. The molecule has 0 aliphatic heterocycles. The fraction of sp³-hybridized carbons (Fsp3) is 0.0625. The molecule has 0 heterocycles. The van der Waals surface area contributed by atoms with E-state index >= 15 is 0 Å². The number of halogens is 1. The van der Waals surface area contributed by atoms with Gasteiger partial charge in [0.2, 0.25) is 0 Å². The number of benzene rings is 2. The molecule has 3 rings (SSSR count). The minimum atomic E-state index is -1.12. The first-order valence-corrected chi connectivity index (χ1v) is 6.18. The molecule has 0 bridgehead atoms. The molecule has 3 heteroatoms. The van der Waals surface area contributed by atoms with Gasteiger partial charge in [0.1, 0.15) is 0 Å². The number of rotatable bonds is 0. The van der Waals surface area contributed by atoms with Crippen molar-refractivity contribution in [3.63, 3.8) is 0 Å². The van der Waals surface area contributed by atoms with Crippen LogP contribution in [0.1, 0.15) is 16.7 Å². The predicted molar refractivity (Wildman–Crippen MR) is 74.2 cm³/mol. The Morgan fingerprint density at radius 1 is 1.11 bits per heavy atom. The van der Waals surface area contributed by atoms with Gasteiger partial charge < -0.3 is 5.11 Å². The Morgan fingerprint density at radius 2 is 1.79 bits per heavy atom. The van der Waals surface area contributed by atoms with Gasteiger partial charge in [-0.1, -0.05) is 29.7 Å². The monoisotopic (exact) mass is 268 g/mol. The molecule has 1 aliphatic carbocycles. The van der Waals surface area contributed by atoms with Gasteiger partial charge in [0.15, 0.2) is 0 Å². The number of fused-ring (bicyclic) bond motifs is 3. The van der Waals surface area contributed by atoms with Crippen LogP contribution in [0.15, 0.2) is 36.4 Å². The molecule has 1 N–H and O–H groups in total. The molecule has 0 saturated carbocycles. The molecule has 19 heavy (non-hydrogen) atoms. The third-order valence-electron chi connectivity index (χ3n) is 3.16. The molecule has 0 saturated heterocycles. The van der Waals surface area contributed by atoms with Crippen LogP contribution in [0, 0.1) is 11.8 Å². The van der Waals surface area contributed by atoms with Crippen LogP contribution in [-0.2, 0) is 11.2 Å². The maximum atomic E-state index is 10.4. The SMILES string of the molecule is O=C(O)C#Cc1ccc2c(c1)Cc1cc(Cl)ccc1-2. The van der Waals surface area contributed by atoms with Crippen molar-refractivity contribution in [2.45, 2.75) is 6.42 Å². The van der Waals surface area contributed by atoms with Crippen LogP contribution in [-0.4, -0.2) is 11.1 Å². The zero-order valence-electron chi connectivity index (χ0n) is 9.90. The van der Waals surface area contributed by atoms with Crippen LogP contribution in [0.4, 0.5) is 0 Å². The van der Waals surface area contributed by atoms with Gasteiger partial charge in [0.25, 0.3) is 0 Å². The molecular formula is C16H9ClO2. The Bertz CT molecular complexity index is 751. The molecule has 1 aliphatic rings. The summed E-state index contributed by atoms with van der Waals surface area (Å²) in [4.78, 5) is 10.4. The largest absolute Gasteiger partial charge is 0.472 e. The van der Waals surface area contributed by atoms with Crippen LogP contribution in [0.3, 0.4) is 0 Å². The summed E-state index contributed by atoms with van der Waals surface area (Å²) in [7, 11) is 0. The van der Waals surface area contributed by atoms with Crippen LogP contribution in [0.5, 0.6) is 0 Å². The fourth-order valence-electron chi connectivity index (χ4n) is 2.38. The van der Waals surface area contributed by atoms with E-state index in [4.69, 9.17) is 16.7 Å². The minimum Gasteiger partial charge on any atom is -0.472 e. The molecule has 2 aromatic carbocycles. The maximum absolute atomic E-state index is 10.4. The number of carboxylic acids is 1. The third-order valence-corrected chi connectivity index (χ3v) is 3.39. The lowest BCUT2D eigenvalue weighted by atomic mass is 10.0. The number of aliphatic carboxylic acids is 1. The van der Waals surface area contributed by atoms with E-state index in [-0.39, 0.29) is 0 Å². The molecule has 2 aromatic rings. The van der Waals surface area contributed by atoms with Crippen molar-refractivity contribution < 1.29 is 9.90 Å². The average molecular weight is 269 g/mol. The second-order valence-corrected chi connectivity index (χ2v) is 4.84. The van der Waals surface area contributed by atoms with Crippen molar-refractivity contribution in [1.82, 2.24) is 0 Å². The predicted octanol–water partition coefficient (Wildman–Crippen LogP) is 3.35. The van der Waals surface area contributed by atoms with Crippen LogP contribution < -0.4 is 0 Å². The summed E-state index contributed by atoms with van der Waals surface area (Å²) < 4.78 is 0. The van der Waals surface area contributed by atoms with Gasteiger partial charge in [-0.2, -0.15) is 0 Å². The maximum Gasteiger partial charge on any atom is 0.382 e. The summed E-state index contributed by atoms with van der Waals surface area (Å²) in [6.07, 6.45) is 0.813. The number of carbonyl (C=O) groups is 1. The van der Waals surface area contributed by atoms with Crippen molar-refractivity contribution in [3.05, 3.63) is 58.1 Å². The van der Waals surface area contributed by atoms with E-state index in [0.29, 0.717) is 0 Å². The number of hydrogen-bond acceptors (Lipinski definition) is 1. The Balaban J connectivity index is 2.04. The second kappa shape index (κ2) is 4.46. The molecule has 0 radical (unpaired) electrons. The molecule has 0 fully saturated rings. The quantitative estimate of drug-likeness (QED) is 0.635. The summed E-state index contributed by atoms with van der Waals surface area (Å²) >= 11 is 5.99. The standard InChI is InChI=1S/C16H9ClO2/c17-13-3-5-15-12(9-13)8-11-7-10(1-4-14(11)15)2-6-16(18)19/h1,3-5,7,9H,8H2,(H,18,19). The lowest BCUT2D eigenvalue weighted by Gasteiger charge is -2.01. The highest BCUT2D eigenvalue weighted by atomic mass is 35.5. The van der Waals surface area contributed by atoms with Gasteiger partial charge in [0, 0.05) is 16.5 Å². The van der Waals surface area contributed by atoms with Gasteiger partial charge in [0.05, 0.1) is 0 Å². The Hall–Kier alpha value is -2.24. The summed E-state index contributed by atoms with van der Waals surface area (Å²) in [6, 6.07) is 11.7. The summed E-state index contributed by atoms with van der Waals surface area (Å²) in [6.45, 7) is 0. The molecule has 92 valence electrons. The van der Waals surface area contributed by atoms with Crippen LogP contribution >= 0.6 is 11.6 Å². The van der Waals surface area contributed by atoms with Gasteiger partial charge in [-0.05, 0) is 52.9 Å². The lowest BCUT2D eigenvalue weighted by Crippen LogP contribution is -1.88. The highest BCUT2D eigenvalue weighted by molar-refractivity contribution is 6.30. The normalized spacial score (nSPS) is 11.2. The Morgan fingerprint density at radius 3 is 2.53 bits per heavy atom. The minimum absolute atomic E-state index is 0.722. The van der Waals surface area contributed by atoms with Gasteiger partial charge in [-0.15, -0.1) is 0 Å².